The van der Waals surface area contributed by atoms with Gasteiger partial charge in [0.2, 0.25) is 17.7 Å². The Morgan fingerprint density at radius 3 is 2.42 bits per heavy atom. The number of aliphatic imine (C=N–C) groups is 1. The summed E-state index contributed by atoms with van der Waals surface area (Å²) in [6, 6.07) is 23.0. The summed E-state index contributed by atoms with van der Waals surface area (Å²) in [6.45, 7) is 5.10. The quantitative estimate of drug-likeness (QED) is 0.239. The molecule has 0 radical (unpaired) electrons. The number of likely N-dealkylation sites (tertiary alicyclic amines) is 1. The van der Waals surface area contributed by atoms with Crippen LogP contribution >= 0.6 is 11.8 Å². The fourth-order valence-corrected chi connectivity index (χ4v) is 7.32. The maximum Gasteiger partial charge on any atom is 0.417 e. The summed E-state index contributed by atoms with van der Waals surface area (Å²) >= 11 is 1.34. The van der Waals surface area contributed by atoms with Crippen LogP contribution in [0, 0.1) is 6.92 Å². The minimum Gasteiger partial charge on any atom is -0.444 e. The molecule has 1 unspecified atom stereocenters. The molecule has 4 aromatic rings. The minimum absolute atomic E-state index is 0.0133. The van der Waals surface area contributed by atoms with E-state index in [9.17, 15) is 19.2 Å². The van der Waals surface area contributed by atoms with E-state index in [1.165, 1.54) is 11.8 Å². The lowest BCUT2D eigenvalue weighted by Gasteiger charge is -2.28. The standard InChI is InChI=1S/C38H37N7O6S/c1-25-21-40-30(22-39-25)23-44-36(48)34(52-37(44)42-29-11-13-31(14-12-29)43-17-19-50-20-18-43)27-7-9-28(10-8-27)41-35(47)32-15-16-33(46)45(32)38(49)51-24-26-5-3-2-4-6-26/h2-14,21-22,32,34H,15-20,23-24H2,1H3,(H,41,47)/b42-37-/t32-,34?/m0/s1. The molecule has 2 atom stereocenters. The number of nitrogens with zero attached hydrogens (tertiary/aromatic N) is 6. The van der Waals surface area contributed by atoms with Crippen molar-refractivity contribution in [2.24, 2.45) is 4.99 Å². The van der Waals surface area contributed by atoms with E-state index >= 15 is 0 Å². The molecule has 7 rings (SSSR count). The molecule has 1 aromatic heterocycles. The Labute approximate surface area is 305 Å². The second kappa shape index (κ2) is 15.7. The molecule has 0 spiro atoms. The van der Waals surface area contributed by atoms with E-state index in [1.807, 2.05) is 49.4 Å². The molecular weight excluding hydrogens is 683 g/mol. The van der Waals surface area contributed by atoms with Gasteiger partial charge in [-0.1, -0.05) is 54.2 Å². The molecule has 0 bridgehead atoms. The summed E-state index contributed by atoms with van der Waals surface area (Å²) in [5.41, 5.74) is 5.18. The van der Waals surface area contributed by atoms with Gasteiger partial charge in [-0.3, -0.25) is 29.3 Å². The van der Waals surface area contributed by atoms with Crippen LogP contribution in [0.3, 0.4) is 0 Å². The van der Waals surface area contributed by atoms with E-state index in [-0.39, 0.29) is 31.9 Å². The number of hydrogen-bond acceptors (Lipinski definition) is 11. The third kappa shape index (κ3) is 7.98. The molecule has 3 fully saturated rings. The van der Waals surface area contributed by atoms with Gasteiger partial charge in [0, 0.05) is 37.1 Å². The van der Waals surface area contributed by atoms with Gasteiger partial charge in [-0.2, -0.15) is 0 Å². The van der Waals surface area contributed by atoms with Crippen molar-refractivity contribution < 1.29 is 28.7 Å². The lowest BCUT2D eigenvalue weighted by Crippen LogP contribution is -2.45. The van der Waals surface area contributed by atoms with Gasteiger partial charge in [0.05, 0.1) is 43.0 Å². The number of anilines is 2. The Morgan fingerprint density at radius 2 is 1.71 bits per heavy atom. The highest BCUT2D eigenvalue weighted by atomic mass is 32.2. The predicted octanol–water partition coefficient (Wildman–Crippen LogP) is 5.39. The van der Waals surface area contributed by atoms with E-state index in [2.05, 4.69) is 20.2 Å². The van der Waals surface area contributed by atoms with E-state index in [1.54, 1.807) is 53.7 Å². The van der Waals surface area contributed by atoms with Gasteiger partial charge in [-0.15, -0.1) is 0 Å². The number of hydrogen-bond donors (Lipinski definition) is 1. The molecule has 3 aliphatic rings. The molecule has 13 nitrogen and oxygen atoms in total. The summed E-state index contributed by atoms with van der Waals surface area (Å²) in [6.07, 6.45) is 2.73. The number of aromatic nitrogens is 2. The Bertz CT molecular complexity index is 1950. The van der Waals surface area contributed by atoms with E-state index in [4.69, 9.17) is 14.5 Å². The number of aryl methyl sites for hydroxylation is 1. The van der Waals surface area contributed by atoms with Gasteiger partial charge in [0.1, 0.15) is 17.9 Å². The number of rotatable bonds is 9. The van der Waals surface area contributed by atoms with Crippen molar-refractivity contribution in [1.82, 2.24) is 19.8 Å². The summed E-state index contributed by atoms with van der Waals surface area (Å²) in [5, 5.41) is 2.77. The van der Waals surface area contributed by atoms with Crippen LogP contribution in [0.1, 0.15) is 40.6 Å². The van der Waals surface area contributed by atoms with Crippen LogP contribution in [0.5, 0.6) is 0 Å². The van der Waals surface area contributed by atoms with Crippen LogP contribution in [0.25, 0.3) is 0 Å². The molecule has 14 heteroatoms. The molecule has 4 amide bonds. The molecule has 3 saturated heterocycles. The van der Waals surface area contributed by atoms with Gasteiger partial charge in [-0.05, 0) is 60.9 Å². The van der Waals surface area contributed by atoms with Crippen molar-refractivity contribution in [2.45, 2.75) is 44.2 Å². The number of amidine groups is 1. The topological polar surface area (TPSA) is 147 Å². The molecule has 52 heavy (non-hydrogen) atoms. The third-order valence-corrected chi connectivity index (χ3v) is 10.2. The zero-order valence-corrected chi connectivity index (χ0v) is 29.3. The normalized spacial score (nSPS) is 19.7. The van der Waals surface area contributed by atoms with Crippen molar-refractivity contribution in [3.8, 4) is 0 Å². The average molecular weight is 720 g/mol. The van der Waals surface area contributed by atoms with Crippen molar-refractivity contribution in [1.29, 1.82) is 0 Å². The average Bonchev–Trinajstić information content (AvgIpc) is 3.71. The van der Waals surface area contributed by atoms with Gasteiger partial charge in [-0.25, -0.2) is 14.7 Å². The summed E-state index contributed by atoms with van der Waals surface area (Å²) in [4.78, 5) is 71.2. The second-order valence-electron chi connectivity index (χ2n) is 12.6. The number of morpholine rings is 1. The molecule has 266 valence electrons. The van der Waals surface area contributed by atoms with Crippen LogP contribution in [-0.2, 0) is 37.0 Å². The van der Waals surface area contributed by atoms with E-state index < -0.39 is 29.2 Å². The summed E-state index contributed by atoms with van der Waals surface area (Å²) < 4.78 is 10.8. The number of imide groups is 1. The van der Waals surface area contributed by atoms with Gasteiger partial charge < -0.3 is 19.7 Å². The molecule has 3 aliphatic heterocycles. The Morgan fingerprint density at radius 1 is 0.962 bits per heavy atom. The van der Waals surface area contributed by atoms with Crippen molar-refractivity contribution in [3.05, 3.63) is 114 Å². The zero-order chi connectivity index (χ0) is 36.0. The van der Waals surface area contributed by atoms with E-state index in [0.717, 1.165) is 46.2 Å². The monoisotopic (exact) mass is 719 g/mol. The highest BCUT2D eigenvalue weighted by Gasteiger charge is 2.42. The van der Waals surface area contributed by atoms with Crippen molar-refractivity contribution in [3.63, 3.8) is 0 Å². The first-order chi connectivity index (χ1) is 25.3. The highest BCUT2D eigenvalue weighted by molar-refractivity contribution is 8.15. The van der Waals surface area contributed by atoms with Gasteiger partial charge >= 0.3 is 6.09 Å². The first-order valence-corrected chi connectivity index (χ1v) is 17.9. The van der Waals surface area contributed by atoms with Gasteiger partial charge in [0.25, 0.3) is 0 Å². The van der Waals surface area contributed by atoms with E-state index in [0.29, 0.717) is 29.8 Å². The smallest absolute Gasteiger partial charge is 0.417 e. The molecule has 4 heterocycles. The maximum absolute atomic E-state index is 14.0. The van der Waals surface area contributed by atoms with Gasteiger partial charge in [0.15, 0.2) is 5.17 Å². The first kappa shape index (κ1) is 34.8. The minimum atomic E-state index is -0.998. The summed E-state index contributed by atoms with van der Waals surface area (Å²) in [7, 11) is 0. The molecule has 3 aromatic carbocycles. The summed E-state index contributed by atoms with van der Waals surface area (Å²) in [5.74, 6) is -1.11. The first-order valence-electron chi connectivity index (χ1n) is 17.0. The van der Waals surface area contributed by atoms with Crippen LogP contribution in [0.2, 0.25) is 0 Å². The Balaban J connectivity index is 1.04. The zero-order valence-electron chi connectivity index (χ0n) is 28.5. The highest BCUT2D eigenvalue weighted by Crippen LogP contribution is 2.41. The third-order valence-electron chi connectivity index (χ3n) is 8.95. The Kier molecular flexibility index (Phi) is 10.5. The fraction of sp³-hybridized carbons (Fsp3) is 0.289. The number of amides is 4. The number of thioether (sulfide) groups is 1. The largest absolute Gasteiger partial charge is 0.444 e. The van der Waals surface area contributed by atoms with Crippen LogP contribution in [0.15, 0.2) is 96.2 Å². The number of ether oxygens (including phenoxy) is 2. The predicted molar refractivity (Wildman–Crippen MR) is 196 cm³/mol. The van der Waals surface area contributed by atoms with Crippen LogP contribution in [0.4, 0.5) is 21.9 Å². The lowest BCUT2D eigenvalue weighted by molar-refractivity contribution is -0.131. The maximum atomic E-state index is 14.0. The van der Waals surface area contributed by atoms with Crippen molar-refractivity contribution in [2.75, 3.05) is 36.5 Å². The van der Waals surface area contributed by atoms with Crippen molar-refractivity contribution >= 4 is 57.8 Å². The Hall–Kier alpha value is -5.60. The molecule has 0 aliphatic carbocycles. The molecule has 1 N–H and O–H groups in total. The number of carbonyl (C=O) groups is 4. The number of benzene rings is 3. The lowest BCUT2D eigenvalue weighted by atomic mass is 10.1. The number of nitrogens with one attached hydrogen (secondary N) is 1. The second-order valence-corrected chi connectivity index (χ2v) is 13.6. The number of carbonyl (C=O) groups excluding carboxylic acids is 4. The SMILES string of the molecule is Cc1cnc(CN2C(=O)C(c3ccc(NC(=O)[C@@H]4CCC(=O)N4C(=O)OCc4ccccc4)cc3)S/C2=N\c2ccc(N3CCOCC3)cc2)cn1. The fourth-order valence-electron chi connectivity index (χ4n) is 6.15. The molecular formula is C38H37N7O6S. The molecule has 0 saturated carbocycles. The van der Waals surface area contributed by atoms with Crippen LogP contribution < -0.4 is 10.2 Å². The van der Waals surface area contributed by atoms with Crippen LogP contribution in [-0.4, -0.2) is 81.1 Å².